The maximum Gasteiger partial charge on any atom is 0.242 e. The molecule has 5 heteroatoms. The van der Waals surface area contributed by atoms with Gasteiger partial charge < -0.3 is 10.4 Å². The number of rotatable bonds is 1. The lowest BCUT2D eigenvalue weighted by atomic mass is 10.2. The van der Waals surface area contributed by atoms with Gasteiger partial charge in [0, 0.05) is 6.07 Å². The van der Waals surface area contributed by atoms with E-state index in [1.165, 1.54) is 6.20 Å². The smallest absolute Gasteiger partial charge is 0.242 e. The number of hydrogen-bond donors (Lipinski definition) is 1. The summed E-state index contributed by atoms with van der Waals surface area (Å²) in [6, 6.07) is 6.98. The predicted molar refractivity (Wildman–Crippen MR) is 54.7 cm³/mol. The Kier molecular flexibility index (Phi) is 2.21. The highest BCUT2D eigenvalue weighted by molar-refractivity contribution is 5.97. The number of para-hydroxylation sites is 2. The monoisotopic (exact) mass is 203 g/mol. The molecule has 0 fully saturated rings. The normalized spacial score (nSPS) is 11.9. The minimum absolute atomic E-state index is 0.311. The second kappa shape index (κ2) is 3.53. The second-order valence-electron chi connectivity index (χ2n) is 3.13. The third-order valence-corrected chi connectivity index (χ3v) is 2.12. The van der Waals surface area contributed by atoms with Crippen molar-refractivity contribution in [2.45, 2.75) is 6.92 Å². The molecule has 0 aliphatic carbocycles. The Morgan fingerprint density at radius 1 is 1.47 bits per heavy atom. The van der Waals surface area contributed by atoms with Crippen LogP contribution in [0.1, 0.15) is 12.6 Å². The van der Waals surface area contributed by atoms with Crippen LogP contribution in [0.2, 0.25) is 0 Å². The molecule has 0 saturated carbocycles. The summed E-state index contributed by atoms with van der Waals surface area (Å²) >= 11 is 0. The van der Waals surface area contributed by atoms with Crippen molar-refractivity contribution in [3.63, 3.8) is 0 Å². The van der Waals surface area contributed by atoms with E-state index < -0.39 is 0 Å². The van der Waals surface area contributed by atoms with Gasteiger partial charge in [0.15, 0.2) is 5.69 Å². The quantitative estimate of drug-likeness (QED) is 0.248. The molecule has 1 heterocycles. The van der Waals surface area contributed by atoms with Crippen molar-refractivity contribution in [3.05, 3.63) is 41.4 Å². The average molecular weight is 203 g/mol. The summed E-state index contributed by atoms with van der Waals surface area (Å²) in [5, 5.41) is 23.2. The maximum atomic E-state index is 11.6. The molecule has 1 aromatic heterocycles. The second-order valence-corrected chi connectivity index (χ2v) is 3.13. The van der Waals surface area contributed by atoms with Crippen LogP contribution in [0.25, 0.3) is 11.0 Å². The van der Waals surface area contributed by atoms with E-state index in [0.29, 0.717) is 27.2 Å². The fourth-order valence-corrected chi connectivity index (χ4v) is 1.31. The highest BCUT2D eigenvalue weighted by atomic mass is 16.5. The Morgan fingerprint density at radius 2 is 2.20 bits per heavy atom. The molecular weight excluding hydrogens is 194 g/mol. The SMILES string of the molecule is C/C(=N/O)c1c[n+]([O-])c2ccccc2n1. The number of benzene rings is 1. The molecule has 0 aliphatic rings. The molecule has 0 atom stereocenters. The van der Waals surface area contributed by atoms with E-state index in [1.807, 2.05) is 0 Å². The van der Waals surface area contributed by atoms with Crippen LogP contribution in [-0.4, -0.2) is 15.9 Å². The fourth-order valence-electron chi connectivity index (χ4n) is 1.31. The van der Waals surface area contributed by atoms with Crippen molar-refractivity contribution in [2.75, 3.05) is 0 Å². The summed E-state index contributed by atoms with van der Waals surface area (Å²) in [5.41, 5.74) is 1.75. The molecule has 0 unspecified atom stereocenters. The molecule has 0 radical (unpaired) electrons. The van der Waals surface area contributed by atoms with Gasteiger partial charge in [-0.2, -0.15) is 4.73 Å². The number of hydrogen-bond acceptors (Lipinski definition) is 4. The summed E-state index contributed by atoms with van der Waals surface area (Å²) in [7, 11) is 0. The Morgan fingerprint density at radius 3 is 2.93 bits per heavy atom. The summed E-state index contributed by atoms with van der Waals surface area (Å²) in [4.78, 5) is 4.20. The molecular formula is C10H9N3O2. The Labute approximate surface area is 85.9 Å². The van der Waals surface area contributed by atoms with Crippen LogP contribution in [0.3, 0.4) is 0 Å². The van der Waals surface area contributed by atoms with Gasteiger partial charge in [0.2, 0.25) is 11.7 Å². The van der Waals surface area contributed by atoms with E-state index in [0.717, 1.165) is 0 Å². The molecule has 0 amide bonds. The minimum atomic E-state index is 0.311. The molecule has 0 bridgehead atoms. The van der Waals surface area contributed by atoms with E-state index in [1.54, 1.807) is 31.2 Å². The molecule has 0 aliphatic heterocycles. The zero-order valence-electron chi connectivity index (χ0n) is 8.08. The summed E-state index contributed by atoms with van der Waals surface area (Å²) in [5.74, 6) is 0. The lowest BCUT2D eigenvalue weighted by Crippen LogP contribution is -2.28. The van der Waals surface area contributed by atoms with Gasteiger partial charge in [-0.15, -0.1) is 0 Å². The van der Waals surface area contributed by atoms with E-state index in [2.05, 4.69) is 10.1 Å². The molecule has 1 N–H and O–H groups in total. The lowest BCUT2D eigenvalue weighted by molar-refractivity contribution is -0.577. The first-order valence-corrected chi connectivity index (χ1v) is 4.40. The van der Waals surface area contributed by atoms with Gasteiger partial charge in [0.1, 0.15) is 11.2 Å². The summed E-state index contributed by atoms with van der Waals surface area (Å²) < 4.78 is 0.715. The minimum Gasteiger partial charge on any atom is -0.618 e. The Hall–Kier alpha value is -2.17. The highest BCUT2D eigenvalue weighted by Gasteiger charge is 2.09. The summed E-state index contributed by atoms with van der Waals surface area (Å²) in [6.45, 7) is 1.58. The van der Waals surface area contributed by atoms with Gasteiger partial charge >= 0.3 is 0 Å². The standard InChI is InChI=1S/C10H9N3O2/c1-7(12-14)9-6-13(15)10-5-3-2-4-8(10)11-9/h2-6,14H,1H3/b12-7-. The van der Waals surface area contributed by atoms with Gasteiger partial charge in [-0.3, -0.25) is 0 Å². The predicted octanol–water partition coefficient (Wildman–Crippen LogP) is 1.07. The van der Waals surface area contributed by atoms with Gasteiger partial charge in [-0.1, -0.05) is 17.3 Å². The molecule has 1 aromatic carbocycles. The number of oxime groups is 1. The van der Waals surface area contributed by atoms with Gasteiger partial charge in [0.05, 0.1) is 0 Å². The summed E-state index contributed by atoms with van der Waals surface area (Å²) in [6.07, 6.45) is 1.29. The first kappa shape index (κ1) is 9.39. The molecule has 0 spiro atoms. The van der Waals surface area contributed by atoms with E-state index in [-0.39, 0.29) is 0 Å². The van der Waals surface area contributed by atoms with Gasteiger partial charge in [-0.05, 0) is 13.0 Å². The van der Waals surface area contributed by atoms with Crippen LogP contribution < -0.4 is 4.73 Å². The Balaban J connectivity index is 2.73. The first-order chi connectivity index (χ1) is 7.22. The van der Waals surface area contributed by atoms with E-state index in [4.69, 9.17) is 5.21 Å². The molecule has 0 saturated heterocycles. The molecule has 76 valence electrons. The molecule has 2 rings (SSSR count). The van der Waals surface area contributed by atoms with Crippen LogP contribution in [0.4, 0.5) is 0 Å². The zero-order valence-corrected chi connectivity index (χ0v) is 8.08. The Bertz CT molecular complexity index is 537. The van der Waals surface area contributed by atoms with Crippen LogP contribution in [-0.2, 0) is 0 Å². The average Bonchev–Trinajstić information content (AvgIpc) is 2.28. The fraction of sp³-hybridized carbons (Fsp3) is 0.100. The van der Waals surface area contributed by atoms with Gasteiger partial charge in [0.25, 0.3) is 0 Å². The van der Waals surface area contributed by atoms with Crippen molar-refractivity contribution in [1.82, 2.24) is 4.98 Å². The van der Waals surface area contributed by atoms with Crippen molar-refractivity contribution in [3.8, 4) is 0 Å². The van der Waals surface area contributed by atoms with Crippen LogP contribution in [0, 0.1) is 5.21 Å². The van der Waals surface area contributed by atoms with E-state index >= 15 is 0 Å². The number of nitrogens with zero attached hydrogens (tertiary/aromatic N) is 3. The van der Waals surface area contributed by atoms with Crippen LogP contribution in [0.15, 0.2) is 35.6 Å². The van der Waals surface area contributed by atoms with Crippen molar-refractivity contribution >= 4 is 16.7 Å². The maximum absolute atomic E-state index is 11.6. The number of aromatic nitrogens is 2. The van der Waals surface area contributed by atoms with Crippen molar-refractivity contribution in [1.29, 1.82) is 0 Å². The highest BCUT2D eigenvalue weighted by Crippen LogP contribution is 2.07. The number of fused-ring (bicyclic) bond motifs is 1. The first-order valence-electron chi connectivity index (χ1n) is 4.40. The van der Waals surface area contributed by atoms with Crippen molar-refractivity contribution < 1.29 is 9.94 Å². The molecule has 2 aromatic rings. The van der Waals surface area contributed by atoms with Gasteiger partial charge in [-0.25, -0.2) is 4.98 Å². The largest absolute Gasteiger partial charge is 0.618 e. The zero-order chi connectivity index (χ0) is 10.8. The third-order valence-electron chi connectivity index (χ3n) is 2.12. The molecule has 15 heavy (non-hydrogen) atoms. The van der Waals surface area contributed by atoms with Crippen molar-refractivity contribution in [2.24, 2.45) is 5.16 Å². The topological polar surface area (TPSA) is 72.4 Å². The third kappa shape index (κ3) is 1.59. The van der Waals surface area contributed by atoms with Crippen LogP contribution >= 0.6 is 0 Å². The lowest BCUT2D eigenvalue weighted by Gasteiger charge is -2.03. The van der Waals surface area contributed by atoms with Crippen LogP contribution in [0.5, 0.6) is 0 Å². The molecule has 5 nitrogen and oxygen atoms in total. The van der Waals surface area contributed by atoms with E-state index in [9.17, 15) is 5.21 Å².